The maximum atomic E-state index is 11.9. The normalized spacial score (nSPS) is 12.1. The summed E-state index contributed by atoms with van der Waals surface area (Å²) in [6, 6.07) is 10.0. The molecule has 18 heavy (non-hydrogen) atoms. The monoisotopic (exact) mass is 247 g/mol. The standard InChI is InChI=1S/C16H25NO/c1-3-4-5-7-10-14(2)16(18)17-13-15-11-8-6-9-12-15/h6,8-9,11-12,14H,3-5,7,10,13H2,1-2H3,(H,17,18). The van der Waals surface area contributed by atoms with Gasteiger partial charge >= 0.3 is 0 Å². The molecule has 1 aromatic carbocycles. The number of unbranched alkanes of at least 4 members (excludes halogenated alkanes) is 3. The van der Waals surface area contributed by atoms with Crippen LogP contribution < -0.4 is 5.32 Å². The molecular formula is C16H25NO. The lowest BCUT2D eigenvalue weighted by molar-refractivity contribution is -0.124. The molecule has 1 amide bonds. The smallest absolute Gasteiger partial charge is 0.223 e. The number of benzene rings is 1. The zero-order chi connectivity index (χ0) is 13.2. The summed E-state index contributed by atoms with van der Waals surface area (Å²) in [6.45, 7) is 4.86. The molecule has 1 atom stereocenters. The second-order valence-electron chi connectivity index (χ2n) is 4.95. The Bertz CT molecular complexity index is 334. The van der Waals surface area contributed by atoms with Crippen molar-refractivity contribution in [1.82, 2.24) is 5.32 Å². The predicted octanol–water partition coefficient (Wildman–Crippen LogP) is 3.91. The van der Waals surface area contributed by atoms with Gasteiger partial charge in [-0.2, -0.15) is 0 Å². The highest BCUT2D eigenvalue weighted by molar-refractivity contribution is 5.78. The van der Waals surface area contributed by atoms with Crippen LogP contribution in [0.15, 0.2) is 30.3 Å². The van der Waals surface area contributed by atoms with Crippen LogP contribution in [0.1, 0.15) is 51.5 Å². The highest BCUT2D eigenvalue weighted by Crippen LogP contribution is 2.10. The fraction of sp³-hybridized carbons (Fsp3) is 0.562. The number of hydrogen-bond donors (Lipinski definition) is 1. The lowest BCUT2D eigenvalue weighted by atomic mass is 10.0. The van der Waals surface area contributed by atoms with Gasteiger partial charge in [-0.05, 0) is 12.0 Å². The topological polar surface area (TPSA) is 29.1 Å². The maximum absolute atomic E-state index is 11.9. The summed E-state index contributed by atoms with van der Waals surface area (Å²) < 4.78 is 0. The molecule has 0 saturated carbocycles. The van der Waals surface area contributed by atoms with Crippen molar-refractivity contribution in [1.29, 1.82) is 0 Å². The van der Waals surface area contributed by atoms with E-state index in [0.29, 0.717) is 6.54 Å². The highest BCUT2D eigenvalue weighted by Gasteiger charge is 2.11. The van der Waals surface area contributed by atoms with Crippen molar-refractivity contribution in [2.45, 2.75) is 52.5 Å². The molecule has 100 valence electrons. The lowest BCUT2D eigenvalue weighted by Crippen LogP contribution is -2.28. The van der Waals surface area contributed by atoms with Gasteiger partial charge in [-0.25, -0.2) is 0 Å². The molecule has 1 aromatic rings. The second kappa shape index (κ2) is 8.73. The molecule has 0 bridgehead atoms. The average Bonchev–Trinajstić information content (AvgIpc) is 2.42. The molecule has 0 radical (unpaired) electrons. The summed E-state index contributed by atoms with van der Waals surface area (Å²) in [5.74, 6) is 0.306. The third-order valence-corrected chi connectivity index (χ3v) is 3.25. The largest absolute Gasteiger partial charge is 0.352 e. The number of carbonyl (C=O) groups excluding carboxylic acids is 1. The molecule has 1 N–H and O–H groups in total. The van der Waals surface area contributed by atoms with Gasteiger partial charge < -0.3 is 5.32 Å². The zero-order valence-corrected chi connectivity index (χ0v) is 11.6. The van der Waals surface area contributed by atoms with Crippen molar-refractivity contribution >= 4 is 5.91 Å². The van der Waals surface area contributed by atoms with Crippen molar-refractivity contribution in [3.8, 4) is 0 Å². The molecule has 0 spiro atoms. The number of hydrogen-bond acceptors (Lipinski definition) is 1. The zero-order valence-electron chi connectivity index (χ0n) is 11.6. The van der Waals surface area contributed by atoms with Crippen LogP contribution in [0.5, 0.6) is 0 Å². The molecule has 0 aliphatic rings. The van der Waals surface area contributed by atoms with E-state index >= 15 is 0 Å². The van der Waals surface area contributed by atoms with E-state index in [0.717, 1.165) is 18.4 Å². The summed E-state index contributed by atoms with van der Waals surface area (Å²) in [4.78, 5) is 11.9. The van der Waals surface area contributed by atoms with Crippen LogP contribution in [-0.4, -0.2) is 5.91 Å². The molecule has 0 aliphatic carbocycles. The summed E-state index contributed by atoms with van der Waals surface area (Å²) in [7, 11) is 0. The Balaban J connectivity index is 2.19. The number of carbonyl (C=O) groups is 1. The van der Waals surface area contributed by atoms with E-state index in [-0.39, 0.29) is 11.8 Å². The Labute approximate surface area is 111 Å². The van der Waals surface area contributed by atoms with E-state index in [1.54, 1.807) is 0 Å². The van der Waals surface area contributed by atoms with Crippen molar-refractivity contribution in [2.24, 2.45) is 5.92 Å². The van der Waals surface area contributed by atoms with E-state index in [4.69, 9.17) is 0 Å². The van der Waals surface area contributed by atoms with Crippen molar-refractivity contribution < 1.29 is 4.79 Å². The van der Waals surface area contributed by atoms with Gasteiger partial charge in [0.1, 0.15) is 0 Å². The fourth-order valence-corrected chi connectivity index (χ4v) is 1.97. The first-order valence-corrected chi connectivity index (χ1v) is 7.05. The Morgan fingerprint density at radius 2 is 1.89 bits per heavy atom. The number of amides is 1. The van der Waals surface area contributed by atoms with Crippen LogP contribution in [0.25, 0.3) is 0 Å². The van der Waals surface area contributed by atoms with Crippen LogP contribution >= 0.6 is 0 Å². The Morgan fingerprint density at radius 1 is 1.17 bits per heavy atom. The van der Waals surface area contributed by atoms with E-state index in [9.17, 15) is 4.79 Å². The van der Waals surface area contributed by atoms with Gasteiger partial charge in [0.15, 0.2) is 0 Å². The first-order chi connectivity index (χ1) is 8.74. The Kier molecular flexibility index (Phi) is 7.16. The molecule has 0 aromatic heterocycles. The summed E-state index contributed by atoms with van der Waals surface area (Å²) >= 11 is 0. The third kappa shape index (κ3) is 5.85. The van der Waals surface area contributed by atoms with Gasteiger partial charge in [-0.3, -0.25) is 4.79 Å². The minimum Gasteiger partial charge on any atom is -0.352 e. The molecule has 2 heteroatoms. The van der Waals surface area contributed by atoms with Gasteiger partial charge in [-0.1, -0.05) is 69.9 Å². The average molecular weight is 247 g/mol. The first-order valence-electron chi connectivity index (χ1n) is 7.05. The second-order valence-corrected chi connectivity index (χ2v) is 4.95. The quantitative estimate of drug-likeness (QED) is 0.693. The third-order valence-electron chi connectivity index (χ3n) is 3.25. The molecule has 1 unspecified atom stereocenters. The van der Waals surface area contributed by atoms with Crippen LogP contribution in [0, 0.1) is 5.92 Å². The number of rotatable bonds is 8. The van der Waals surface area contributed by atoms with Crippen LogP contribution in [0.2, 0.25) is 0 Å². The molecular weight excluding hydrogens is 222 g/mol. The van der Waals surface area contributed by atoms with Gasteiger partial charge in [0.2, 0.25) is 5.91 Å². The summed E-state index contributed by atoms with van der Waals surface area (Å²) in [5, 5.41) is 3.00. The van der Waals surface area contributed by atoms with Crippen molar-refractivity contribution in [2.75, 3.05) is 0 Å². The Morgan fingerprint density at radius 3 is 2.56 bits per heavy atom. The molecule has 0 fully saturated rings. The van der Waals surface area contributed by atoms with Crippen LogP contribution in [0.4, 0.5) is 0 Å². The van der Waals surface area contributed by atoms with Gasteiger partial charge in [0.25, 0.3) is 0 Å². The van der Waals surface area contributed by atoms with E-state index < -0.39 is 0 Å². The SMILES string of the molecule is CCCCCCC(C)C(=O)NCc1ccccc1. The van der Waals surface area contributed by atoms with Crippen molar-refractivity contribution in [3.05, 3.63) is 35.9 Å². The van der Waals surface area contributed by atoms with E-state index in [1.807, 2.05) is 37.3 Å². The van der Waals surface area contributed by atoms with Gasteiger partial charge in [0.05, 0.1) is 0 Å². The minimum atomic E-state index is 0.130. The lowest BCUT2D eigenvalue weighted by Gasteiger charge is -2.12. The van der Waals surface area contributed by atoms with Crippen LogP contribution in [-0.2, 0) is 11.3 Å². The summed E-state index contributed by atoms with van der Waals surface area (Å²) in [6.07, 6.45) is 5.92. The molecule has 0 heterocycles. The Hall–Kier alpha value is -1.31. The summed E-state index contributed by atoms with van der Waals surface area (Å²) in [5.41, 5.74) is 1.16. The van der Waals surface area contributed by atoms with E-state index in [2.05, 4.69) is 12.2 Å². The molecule has 2 nitrogen and oxygen atoms in total. The fourth-order valence-electron chi connectivity index (χ4n) is 1.97. The van der Waals surface area contributed by atoms with Crippen molar-refractivity contribution in [3.63, 3.8) is 0 Å². The molecule has 0 aliphatic heterocycles. The molecule has 0 saturated heterocycles. The van der Waals surface area contributed by atoms with Crippen LogP contribution in [0.3, 0.4) is 0 Å². The highest BCUT2D eigenvalue weighted by atomic mass is 16.1. The van der Waals surface area contributed by atoms with Gasteiger partial charge in [0, 0.05) is 12.5 Å². The minimum absolute atomic E-state index is 0.130. The number of nitrogens with one attached hydrogen (secondary N) is 1. The van der Waals surface area contributed by atoms with Gasteiger partial charge in [-0.15, -0.1) is 0 Å². The maximum Gasteiger partial charge on any atom is 0.223 e. The molecule has 1 rings (SSSR count). The first kappa shape index (κ1) is 14.7. The van der Waals surface area contributed by atoms with E-state index in [1.165, 1.54) is 19.3 Å². The predicted molar refractivity (Wildman–Crippen MR) is 76.2 cm³/mol.